The lowest BCUT2D eigenvalue weighted by molar-refractivity contribution is 0.415. The number of methoxy groups -OCH3 is 1. The van der Waals surface area contributed by atoms with Gasteiger partial charge in [-0.2, -0.15) is 5.10 Å². The van der Waals surface area contributed by atoms with Gasteiger partial charge in [0.05, 0.1) is 17.7 Å². The van der Waals surface area contributed by atoms with Gasteiger partial charge in [-0.25, -0.2) is 4.98 Å². The van der Waals surface area contributed by atoms with E-state index in [2.05, 4.69) is 10.1 Å². The second-order valence-corrected chi connectivity index (χ2v) is 5.77. The Morgan fingerprint density at radius 3 is 2.52 bits per heavy atom. The summed E-state index contributed by atoms with van der Waals surface area (Å²) in [5, 5.41) is 7.53. The van der Waals surface area contributed by atoms with E-state index in [1.807, 2.05) is 43.6 Å². The fourth-order valence-electron chi connectivity index (χ4n) is 2.23. The van der Waals surface area contributed by atoms with E-state index in [0.29, 0.717) is 5.82 Å². The summed E-state index contributed by atoms with van der Waals surface area (Å²) in [6.07, 6.45) is 0. The fraction of sp³-hybridized carbons (Fsp3) is 0.200. The number of nitrogens with two attached hydrogens (primary N) is 1. The summed E-state index contributed by atoms with van der Waals surface area (Å²) >= 11 is 1.60. The summed E-state index contributed by atoms with van der Waals surface area (Å²) in [6.45, 7) is 1.98. The average Bonchev–Trinajstić information content (AvgIpc) is 3.04. The van der Waals surface area contributed by atoms with Gasteiger partial charge in [-0.15, -0.1) is 11.3 Å². The van der Waals surface area contributed by atoms with Crippen molar-refractivity contribution in [2.45, 2.75) is 6.92 Å². The smallest absolute Gasteiger partial charge is 0.129 e. The lowest BCUT2D eigenvalue weighted by Crippen LogP contribution is -1.98. The van der Waals surface area contributed by atoms with Crippen LogP contribution in [0.4, 0.5) is 5.82 Å². The van der Waals surface area contributed by atoms with Crippen molar-refractivity contribution < 1.29 is 4.74 Å². The molecule has 0 saturated carbocycles. The van der Waals surface area contributed by atoms with E-state index in [1.165, 1.54) is 0 Å². The molecule has 0 radical (unpaired) electrons. The Balaban J connectivity index is 2.16. The van der Waals surface area contributed by atoms with Gasteiger partial charge in [0.2, 0.25) is 0 Å². The van der Waals surface area contributed by atoms with E-state index in [9.17, 15) is 0 Å². The number of thiazole rings is 1. The van der Waals surface area contributed by atoms with Crippen LogP contribution in [-0.4, -0.2) is 21.9 Å². The molecule has 0 aliphatic rings. The Labute approximate surface area is 127 Å². The normalized spacial score (nSPS) is 10.8. The molecule has 0 spiro atoms. The van der Waals surface area contributed by atoms with Crippen LogP contribution in [0.2, 0.25) is 0 Å². The minimum absolute atomic E-state index is 0.626. The largest absolute Gasteiger partial charge is 0.497 e. The molecule has 6 heteroatoms. The number of hydrogen-bond donors (Lipinski definition) is 1. The molecule has 5 nitrogen and oxygen atoms in total. The predicted molar refractivity (Wildman–Crippen MR) is 85.5 cm³/mol. The zero-order chi connectivity index (χ0) is 15.0. The topological polar surface area (TPSA) is 66.0 Å². The predicted octanol–water partition coefficient (Wildman–Crippen LogP) is 3.11. The first-order valence-electron chi connectivity index (χ1n) is 6.49. The number of hydrogen-bond acceptors (Lipinski definition) is 5. The van der Waals surface area contributed by atoms with E-state index >= 15 is 0 Å². The molecule has 1 aromatic carbocycles. The van der Waals surface area contributed by atoms with E-state index in [0.717, 1.165) is 33.3 Å². The average molecular weight is 300 g/mol. The number of aryl methyl sites for hydroxylation is 2. The monoisotopic (exact) mass is 300 g/mol. The molecule has 0 aliphatic heterocycles. The van der Waals surface area contributed by atoms with Gasteiger partial charge in [0.15, 0.2) is 0 Å². The number of rotatable bonds is 3. The summed E-state index contributed by atoms with van der Waals surface area (Å²) in [6, 6.07) is 7.79. The molecule has 0 bridgehead atoms. The Morgan fingerprint density at radius 2 is 1.95 bits per heavy atom. The van der Waals surface area contributed by atoms with Gasteiger partial charge in [-0.1, -0.05) is 12.1 Å². The second-order valence-electron chi connectivity index (χ2n) is 4.71. The highest BCUT2D eigenvalue weighted by atomic mass is 32.1. The van der Waals surface area contributed by atoms with Crippen molar-refractivity contribution in [1.29, 1.82) is 0 Å². The van der Waals surface area contributed by atoms with Crippen LogP contribution in [0.1, 0.15) is 5.01 Å². The Kier molecular flexibility index (Phi) is 3.39. The fourth-order valence-corrected chi connectivity index (χ4v) is 2.83. The molecular weight excluding hydrogens is 284 g/mol. The summed E-state index contributed by atoms with van der Waals surface area (Å²) in [5.41, 5.74) is 9.77. The van der Waals surface area contributed by atoms with Crippen molar-refractivity contribution in [3.63, 3.8) is 0 Å². The molecule has 3 rings (SSSR count). The maximum atomic E-state index is 6.19. The van der Waals surface area contributed by atoms with Crippen molar-refractivity contribution in [1.82, 2.24) is 14.8 Å². The highest BCUT2D eigenvalue weighted by molar-refractivity contribution is 7.09. The van der Waals surface area contributed by atoms with Crippen LogP contribution >= 0.6 is 11.3 Å². The van der Waals surface area contributed by atoms with Gasteiger partial charge in [0.25, 0.3) is 0 Å². The maximum Gasteiger partial charge on any atom is 0.129 e. The second kappa shape index (κ2) is 5.21. The third-order valence-electron chi connectivity index (χ3n) is 3.33. The number of nitrogens with zero attached hydrogens (tertiary/aromatic N) is 3. The molecule has 2 heterocycles. The van der Waals surface area contributed by atoms with Gasteiger partial charge in [0, 0.05) is 12.4 Å². The Morgan fingerprint density at radius 1 is 1.24 bits per heavy atom. The van der Waals surface area contributed by atoms with Crippen molar-refractivity contribution in [2.75, 3.05) is 12.8 Å². The summed E-state index contributed by atoms with van der Waals surface area (Å²) < 4.78 is 6.88. The van der Waals surface area contributed by atoms with Crippen LogP contribution in [0.5, 0.6) is 5.75 Å². The maximum absolute atomic E-state index is 6.19. The lowest BCUT2D eigenvalue weighted by atomic mass is 10.0. The highest BCUT2D eigenvalue weighted by Crippen LogP contribution is 2.36. The zero-order valence-corrected chi connectivity index (χ0v) is 12.9. The van der Waals surface area contributed by atoms with Gasteiger partial charge < -0.3 is 10.5 Å². The van der Waals surface area contributed by atoms with Crippen LogP contribution in [0.25, 0.3) is 22.5 Å². The molecule has 0 aliphatic carbocycles. The molecule has 0 unspecified atom stereocenters. The minimum Gasteiger partial charge on any atom is -0.497 e. The third kappa shape index (κ3) is 2.38. The summed E-state index contributed by atoms with van der Waals surface area (Å²) in [7, 11) is 3.49. The Hall–Kier alpha value is -2.34. The number of aromatic nitrogens is 3. The van der Waals surface area contributed by atoms with Gasteiger partial charge in [-0.05, 0) is 24.6 Å². The molecule has 0 fully saturated rings. The number of anilines is 1. The third-order valence-corrected chi connectivity index (χ3v) is 4.11. The Bertz CT molecular complexity index is 774. The first-order chi connectivity index (χ1) is 10.1. The van der Waals surface area contributed by atoms with Crippen molar-refractivity contribution in [3.05, 3.63) is 34.7 Å². The standard InChI is InChI=1S/C15H16N4OS/c1-9-17-12(8-21-9)14-13(15(16)19(2)18-14)10-4-6-11(20-3)7-5-10/h4-8H,16H2,1-3H3. The number of ether oxygens (including phenoxy) is 1. The molecule has 108 valence electrons. The van der Waals surface area contributed by atoms with E-state index in [4.69, 9.17) is 10.5 Å². The van der Waals surface area contributed by atoms with Crippen molar-refractivity contribution in [2.24, 2.45) is 7.05 Å². The van der Waals surface area contributed by atoms with Crippen LogP contribution in [0.15, 0.2) is 29.6 Å². The molecule has 0 amide bonds. The van der Waals surface area contributed by atoms with Gasteiger partial charge in [-0.3, -0.25) is 4.68 Å². The molecule has 2 aromatic heterocycles. The highest BCUT2D eigenvalue weighted by Gasteiger charge is 2.19. The molecule has 0 saturated heterocycles. The van der Waals surface area contributed by atoms with E-state index in [1.54, 1.807) is 23.1 Å². The molecular formula is C15H16N4OS. The quantitative estimate of drug-likeness (QED) is 0.807. The molecule has 2 N–H and O–H groups in total. The van der Waals surface area contributed by atoms with Gasteiger partial charge >= 0.3 is 0 Å². The summed E-state index contributed by atoms with van der Waals surface area (Å²) in [4.78, 5) is 4.52. The lowest BCUT2D eigenvalue weighted by Gasteiger charge is -2.04. The van der Waals surface area contributed by atoms with E-state index in [-0.39, 0.29) is 0 Å². The number of benzene rings is 1. The van der Waals surface area contributed by atoms with Crippen LogP contribution in [0.3, 0.4) is 0 Å². The molecule has 0 atom stereocenters. The van der Waals surface area contributed by atoms with E-state index < -0.39 is 0 Å². The van der Waals surface area contributed by atoms with Crippen molar-refractivity contribution >= 4 is 17.2 Å². The van der Waals surface area contributed by atoms with Crippen LogP contribution in [0, 0.1) is 6.92 Å². The van der Waals surface area contributed by atoms with Crippen LogP contribution in [-0.2, 0) is 7.05 Å². The minimum atomic E-state index is 0.626. The number of nitrogen functional groups attached to an aromatic ring is 1. The first-order valence-corrected chi connectivity index (χ1v) is 7.37. The van der Waals surface area contributed by atoms with Crippen molar-refractivity contribution in [3.8, 4) is 28.3 Å². The zero-order valence-electron chi connectivity index (χ0n) is 12.1. The molecule has 3 aromatic rings. The first kappa shape index (κ1) is 13.6. The molecule has 21 heavy (non-hydrogen) atoms. The van der Waals surface area contributed by atoms with Gasteiger partial charge in [0.1, 0.15) is 23.0 Å². The van der Waals surface area contributed by atoms with Crippen LogP contribution < -0.4 is 10.5 Å². The summed E-state index contributed by atoms with van der Waals surface area (Å²) in [5.74, 6) is 1.44. The SMILES string of the molecule is COc1ccc(-c2c(-c3csc(C)n3)nn(C)c2N)cc1.